The molecule has 3 aromatic rings. The molecule has 3 rings (SSSR count). The topological polar surface area (TPSA) is 59.6 Å². The fourth-order valence-corrected chi connectivity index (χ4v) is 2.76. The molecule has 7 heteroatoms. The molecule has 0 atom stereocenters. The molecule has 0 aliphatic carbocycles. The van der Waals surface area contributed by atoms with Crippen LogP contribution in [-0.2, 0) is 0 Å². The monoisotopic (exact) mass is 393 g/mol. The van der Waals surface area contributed by atoms with Crippen LogP contribution in [0.1, 0.15) is 10.6 Å². The van der Waals surface area contributed by atoms with Crippen molar-refractivity contribution in [1.29, 1.82) is 0 Å². The summed E-state index contributed by atoms with van der Waals surface area (Å²) in [6.07, 6.45) is 3.22. The lowest BCUT2D eigenvalue weighted by Crippen LogP contribution is -1.89. The zero-order valence-electron chi connectivity index (χ0n) is 12.6. The Morgan fingerprint density at radius 2 is 2.04 bits per heavy atom. The van der Waals surface area contributed by atoms with Gasteiger partial charge in [0.25, 0.3) is 0 Å². The van der Waals surface area contributed by atoms with Gasteiger partial charge in [0.1, 0.15) is 11.5 Å². The third-order valence-corrected chi connectivity index (χ3v) is 3.93. The summed E-state index contributed by atoms with van der Waals surface area (Å²) in [6, 6.07) is 11.5. The Hall–Kier alpha value is -2.12. The Bertz CT molecular complexity index is 767. The van der Waals surface area contributed by atoms with E-state index in [1.807, 2.05) is 43.3 Å². The van der Waals surface area contributed by atoms with E-state index in [0.29, 0.717) is 5.76 Å². The van der Waals surface area contributed by atoms with Crippen LogP contribution in [0.2, 0.25) is 0 Å². The van der Waals surface area contributed by atoms with E-state index in [1.54, 1.807) is 30.9 Å². The minimum absolute atomic E-state index is 0. The molecule has 23 heavy (non-hydrogen) atoms. The molecule has 0 unspecified atom stereocenters. The number of thiazole rings is 1. The molecule has 0 aliphatic heterocycles. The van der Waals surface area contributed by atoms with E-state index < -0.39 is 0 Å². The SMILES string of the molecule is Br.COc1ccc(-c2nc(N/N=C\c3ccco3)sc2C)cc1. The van der Waals surface area contributed by atoms with Crippen molar-refractivity contribution in [1.82, 2.24) is 4.98 Å². The molecule has 0 radical (unpaired) electrons. The Labute approximate surface area is 148 Å². The molecule has 1 aromatic carbocycles. The number of anilines is 1. The first kappa shape index (κ1) is 17.2. The maximum atomic E-state index is 5.17. The molecule has 5 nitrogen and oxygen atoms in total. The highest BCUT2D eigenvalue weighted by Gasteiger charge is 2.09. The lowest BCUT2D eigenvalue weighted by molar-refractivity contribution is 0.415. The van der Waals surface area contributed by atoms with Crippen molar-refractivity contribution in [2.75, 3.05) is 12.5 Å². The largest absolute Gasteiger partial charge is 0.497 e. The van der Waals surface area contributed by atoms with Crippen LogP contribution in [-0.4, -0.2) is 18.3 Å². The van der Waals surface area contributed by atoms with Crippen molar-refractivity contribution >= 4 is 39.7 Å². The Morgan fingerprint density at radius 3 is 2.70 bits per heavy atom. The number of methoxy groups -OCH3 is 1. The molecule has 0 amide bonds. The van der Waals surface area contributed by atoms with Gasteiger partial charge in [0, 0.05) is 10.4 Å². The van der Waals surface area contributed by atoms with E-state index in [-0.39, 0.29) is 17.0 Å². The van der Waals surface area contributed by atoms with Gasteiger partial charge in [0.2, 0.25) is 5.13 Å². The Kier molecular flexibility index (Phi) is 5.95. The average molecular weight is 394 g/mol. The Morgan fingerprint density at radius 1 is 1.26 bits per heavy atom. The lowest BCUT2D eigenvalue weighted by atomic mass is 10.1. The third-order valence-electron chi connectivity index (χ3n) is 3.06. The first-order valence-electron chi connectivity index (χ1n) is 6.70. The third kappa shape index (κ3) is 4.20. The maximum absolute atomic E-state index is 5.17. The minimum Gasteiger partial charge on any atom is -0.497 e. The Balaban J connectivity index is 0.00000192. The summed E-state index contributed by atoms with van der Waals surface area (Å²) < 4.78 is 10.3. The van der Waals surface area contributed by atoms with Gasteiger partial charge >= 0.3 is 0 Å². The van der Waals surface area contributed by atoms with Gasteiger partial charge in [-0.05, 0) is 43.3 Å². The molecule has 0 saturated heterocycles. The van der Waals surface area contributed by atoms with Crippen LogP contribution in [0.4, 0.5) is 5.13 Å². The van der Waals surface area contributed by atoms with E-state index in [0.717, 1.165) is 27.0 Å². The van der Waals surface area contributed by atoms with Gasteiger partial charge in [-0.3, -0.25) is 5.43 Å². The van der Waals surface area contributed by atoms with Crippen LogP contribution in [0.15, 0.2) is 52.2 Å². The quantitative estimate of drug-likeness (QED) is 0.502. The summed E-state index contributed by atoms with van der Waals surface area (Å²) >= 11 is 1.56. The lowest BCUT2D eigenvalue weighted by Gasteiger charge is -2.01. The highest BCUT2D eigenvalue weighted by Crippen LogP contribution is 2.31. The van der Waals surface area contributed by atoms with Crippen molar-refractivity contribution in [3.63, 3.8) is 0 Å². The number of benzene rings is 1. The average Bonchev–Trinajstić information content (AvgIpc) is 3.17. The van der Waals surface area contributed by atoms with E-state index >= 15 is 0 Å². The molecule has 1 N–H and O–H groups in total. The number of ether oxygens (including phenoxy) is 1. The van der Waals surface area contributed by atoms with Gasteiger partial charge in [-0.25, -0.2) is 4.98 Å². The molecule has 0 bridgehead atoms. The molecule has 2 aromatic heterocycles. The normalized spacial score (nSPS) is 10.5. The van der Waals surface area contributed by atoms with Crippen LogP contribution >= 0.6 is 28.3 Å². The number of aromatic nitrogens is 1. The summed E-state index contributed by atoms with van der Waals surface area (Å²) in [5.74, 6) is 1.52. The van der Waals surface area contributed by atoms with Crippen LogP contribution in [0.25, 0.3) is 11.3 Å². The van der Waals surface area contributed by atoms with Crippen molar-refractivity contribution in [2.24, 2.45) is 5.10 Å². The second-order valence-electron chi connectivity index (χ2n) is 4.54. The second kappa shape index (κ2) is 7.94. The summed E-state index contributed by atoms with van der Waals surface area (Å²) in [5.41, 5.74) is 4.93. The number of hydrogen-bond acceptors (Lipinski definition) is 6. The van der Waals surface area contributed by atoms with Crippen molar-refractivity contribution in [3.8, 4) is 17.0 Å². The number of furan rings is 1. The zero-order chi connectivity index (χ0) is 15.4. The van der Waals surface area contributed by atoms with Gasteiger partial charge in [0.15, 0.2) is 0 Å². The fourth-order valence-electron chi connectivity index (χ4n) is 1.98. The summed E-state index contributed by atoms with van der Waals surface area (Å²) in [7, 11) is 1.65. The molecular weight excluding hydrogens is 378 g/mol. The highest BCUT2D eigenvalue weighted by molar-refractivity contribution is 8.93. The van der Waals surface area contributed by atoms with Gasteiger partial charge in [-0.1, -0.05) is 0 Å². The molecule has 120 valence electrons. The summed E-state index contributed by atoms with van der Waals surface area (Å²) in [5, 5.41) is 4.86. The number of hydrogen-bond donors (Lipinski definition) is 1. The smallest absolute Gasteiger partial charge is 0.204 e. The molecular formula is C16H16BrN3O2S. The standard InChI is InChI=1S/C16H15N3O2S.BrH/c1-11-15(12-5-7-13(20-2)8-6-12)18-16(22-11)19-17-10-14-4-3-9-21-14;/h3-10H,1-2H3,(H,18,19);1H/b17-10-;. The van der Waals surface area contributed by atoms with Crippen LogP contribution in [0.5, 0.6) is 5.75 Å². The number of nitrogens with one attached hydrogen (secondary N) is 1. The number of nitrogens with zero attached hydrogens (tertiary/aromatic N) is 2. The van der Waals surface area contributed by atoms with Gasteiger partial charge < -0.3 is 9.15 Å². The van der Waals surface area contributed by atoms with Crippen LogP contribution in [0.3, 0.4) is 0 Å². The predicted molar refractivity (Wildman–Crippen MR) is 99.1 cm³/mol. The minimum atomic E-state index is 0. The molecule has 0 fully saturated rings. The zero-order valence-corrected chi connectivity index (χ0v) is 15.2. The fraction of sp³-hybridized carbons (Fsp3) is 0.125. The van der Waals surface area contributed by atoms with E-state index in [2.05, 4.69) is 15.5 Å². The van der Waals surface area contributed by atoms with E-state index in [1.165, 1.54) is 0 Å². The first-order valence-corrected chi connectivity index (χ1v) is 7.52. The number of aryl methyl sites for hydroxylation is 1. The van der Waals surface area contributed by atoms with Crippen LogP contribution in [0, 0.1) is 6.92 Å². The molecule has 0 aliphatic rings. The summed E-state index contributed by atoms with van der Waals surface area (Å²) in [6.45, 7) is 2.04. The number of hydrazone groups is 1. The van der Waals surface area contributed by atoms with E-state index in [9.17, 15) is 0 Å². The maximum Gasteiger partial charge on any atom is 0.204 e. The molecule has 0 spiro atoms. The second-order valence-corrected chi connectivity index (χ2v) is 5.74. The number of rotatable bonds is 5. The van der Waals surface area contributed by atoms with Crippen LogP contribution < -0.4 is 10.2 Å². The van der Waals surface area contributed by atoms with Crippen molar-refractivity contribution < 1.29 is 9.15 Å². The summed E-state index contributed by atoms with van der Waals surface area (Å²) in [4.78, 5) is 5.70. The number of halogens is 1. The first-order chi connectivity index (χ1) is 10.8. The van der Waals surface area contributed by atoms with Crippen molar-refractivity contribution in [2.45, 2.75) is 6.92 Å². The molecule has 0 saturated carbocycles. The van der Waals surface area contributed by atoms with Crippen molar-refractivity contribution in [3.05, 3.63) is 53.3 Å². The molecule has 2 heterocycles. The van der Waals surface area contributed by atoms with Gasteiger partial charge in [0.05, 0.1) is 25.3 Å². The highest BCUT2D eigenvalue weighted by atomic mass is 79.9. The van der Waals surface area contributed by atoms with Gasteiger partial charge in [-0.15, -0.1) is 28.3 Å². The predicted octanol–water partition coefficient (Wildman–Crippen LogP) is 4.74. The van der Waals surface area contributed by atoms with Gasteiger partial charge in [-0.2, -0.15) is 5.10 Å². The van der Waals surface area contributed by atoms with E-state index in [4.69, 9.17) is 9.15 Å².